The van der Waals surface area contributed by atoms with E-state index in [9.17, 15) is 9.59 Å². The lowest BCUT2D eigenvalue weighted by Gasteiger charge is -2.28. The van der Waals surface area contributed by atoms with E-state index in [1.54, 1.807) is 16.1 Å². The third kappa shape index (κ3) is 6.84. The molecule has 2 aromatic carbocycles. The topological polar surface area (TPSA) is 53.8 Å². The molecule has 0 aliphatic carbocycles. The zero-order chi connectivity index (χ0) is 22.9. The Morgan fingerprint density at radius 2 is 1.62 bits per heavy atom. The highest BCUT2D eigenvalue weighted by Gasteiger charge is 2.23. The molecule has 0 aliphatic heterocycles. The van der Waals surface area contributed by atoms with Gasteiger partial charge in [0.1, 0.15) is 12.3 Å². The van der Waals surface area contributed by atoms with Gasteiger partial charge in [-0.15, -0.1) is 0 Å². The predicted octanol–water partition coefficient (Wildman–Crippen LogP) is 4.96. The highest BCUT2D eigenvalue weighted by atomic mass is 16.3. The van der Waals surface area contributed by atoms with Gasteiger partial charge in [0.15, 0.2) is 0 Å². The Morgan fingerprint density at radius 3 is 2.25 bits per heavy atom. The number of benzene rings is 2. The van der Waals surface area contributed by atoms with E-state index in [1.807, 2.05) is 61.5 Å². The lowest BCUT2D eigenvalue weighted by Crippen LogP contribution is -2.44. The van der Waals surface area contributed by atoms with E-state index in [2.05, 4.69) is 26.0 Å². The molecule has 0 aliphatic rings. The molecule has 1 heterocycles. The van der Waals surface area contributed by atoms with E-state index < -0.39 is 0 Å². The van der Waals surface area contributed by atoms with E-state index in [-0.39, 0.29) is 24.3 Å². The first-order valence-corrected chi connectivity index (χ1v) is 11.1. The molecule has 0 bridgehead atoms. The first kappa shape index (κ1) is 23.3. The van der Waals surface area contributed by atoms with Gasteiger partial charge in [0.05, 0.1) is 12.8 Å². The van der Waals surface area contributed by atoms with Crippen LogP contribution in [0.25, 0.3) is 0 Å². The Balaban J connectivity index is 1.75. The molecule has 5 heteroatoms. The molecule has 0 saturated carbocycles. The summed E-state index contributed by atoms with van der Waals surface area (Å²) in [6.07, 6.45) is 2.35. The minimum absolute atomic E-state index is 0.0421. The molecule has 0 atom stereocenters. The van der Waals surface area contributed by atoms with Crippen molar-refractivity contribution in [3.05, 3.63) is 95.4 Å². The summed E-state index contributed by atoms with van der Waals surface area (Å²) >= 11 is 0. The molecule has 32 heavy (non-hydrogen) atoms. The molecule has 0 spiro atoms. The number of hydrogen-bond acceptors (Lipinski definition) is 3. The third-order valence-electron chi connectivity index (χ3n) is 5.29. The summed E-state index contributed by atoms with van der Waals surface area (Å²) in [6.45, 7) is 7.59. The maximum absolute atomic E-state index is 13.4. The second kappa shape index (κ2) is 11.3. The van der Waals surface area contributed by atoms with Crippen LogP contribution in [0.4, 0.5) is 0 Å². The Morgan fingerprint density at radius 1 is 0.906 bits per heavy atom. The fourth-order valence-electron chi connectivity index (χ4n) is 3.59. The van der Waals surface area contributed by atoms with E-state index in [0.29, 0.717) is 25.2 Å². The standard InChI is InChI=1S/C27H32N2O3/c1-21(2)18-29(27(31)24-13-11-22(3)12-14-24)20-26(30)28(19-25-10-7-17-32-25)16-15-23-8-5-4-6-9-23/h4-14,17,21H,15-16,18-20H2,1-3H3. The van der Waals surface area contributed by atoms with E-state index in [1.165, 1.54) is 5.56 Å². The molecular weight excluding hydrogens is 400 g/mol. The van der Waals surface area contributed by atoms with Gasteiger partial charge in [-0.1, -0.05) is 61.9 Å². The number of amides is 2. The lowest BCUT2D eigenvalue weighted by atomic mass is 10.1. The van der Waals surface area contributed by atoms with Gasteiger partial charge in [-0.2, -0.15) is 0 Å². The average molecular weight is 433 g/mol. The quantitative estimate of drug-likeness (QED) is 0.455. The van der Waals surface area contributed by atoms with Crippen molar-refractivity contribution in [2.24, 2.45) is 5.92 Å². The summed E-state index contributed by atoms with van der Waals surface area (Å²) in [7, 11) is 0. The van der Waals surface area contributed by atoms with Crippen molar-refractivity contribution in [2.75, 3.05) is 19.6 Å². The van der Waals surface area contributed by atoms with Crippen LogP contribution in [0.15, 0.2) is 77.4 Å². The number of nitrogens with zero attached hydrogens (tertiary/aromatic N) is 2. The van der Waals surface area contributed by atoms with Crippen LogP contribution in [-0.4, -0.2) is 41.2 Å². The number of rotatable bonds is 10. The van der Waals surface area contributed by atoms with Crippen LogP contribution >= 0.6 is 0 Å². The number of carbonyl (C=O) groups excluding carboxylic acids is 2. The van der Waals surface area contributed by atoms with E-state index >= 15 is 0 Å². The molecule has 3 rings (SSSR count). The molecule has 3 aromatic rings. The summed E-state index contributed by atoms with van der Waals surface area (Å²) in [5.74, 6) is 0.776. The Labute approximate surface area is 190 Å². The molecule has 5 nitrogen and oxygen atoms in total. The highest BCUT2D eigenvalue weighted by molar-refractivity contribution is 5.96. The van der Waals surface area contributed by atoms with Crippen LogP contribution in [-0.2, 0) is 17.8 Å². The number of furan rings is 1. The average Bonchev–Trinajstić information content (AvgIpc) is 3.30. The van der Waals surface area contributed by atoms with Gasteiger partial charge in [0.2, 0.25) is 5.91 Å². The Kier molecular flexibility index (Phi) is 8.26. The largest absolute Gasteiger partial charge is 0.467 e. The highest BCUT2D eigenvalue weighted by Crippen LogP contribution is 2.13. The van der Waals surface area contributed by atoms with Gasteiger partial charge >= 0.3 is 0 Å². The summed E-state index contributed by atoms with van der Waals surface area (Å²) in [5.41, 5.74) is 2.86. The van der Waals surface area contributed by atoms with E-state index in [0.717, 1.165) is 17.7 Å². The fourth-order valence-corrected chi connectivity index (χ4v) is 3.59. The summed E-state index contributed by atoms with van der Waals surface area (Å²) in [6, 6.07) is 21.3. The molecule has 168 valence electrons. The third-order valence-corrected chi connectivity index (χ3v) is 5.29. The smallest absolute Gasteiger partial charge is 0.254 e. The minimum atomic E-state index is -0.118. The van der Waals surface area contributed by atoms with Crippen LogP contribution in [0.3, 0.4) is 0 Å². The normalized spacial score (nSPS) is 10.9. The van der Waals surface area contributed by atoms with Gasteiger partial charge in [0.25, 0.3) is 5.91 Å². The fraction of sp³-hybridized carbons (Fsp3) is 0.333. The molecule has 2 amide bonds. The van der Waals surface area contributed by atoms with Crippen molar-refractivity contribution in [2.45, 2.75) is 33.7 Å². The van der Waals surface area contributed by atoms with Gasteiger partial charge < -0.3 is 14.2 Å². The second-order valence-corrected chi connectivity index (χ2v) is 8.58. The molecule has 0 radical (unpaired) electrons. The summed E-state index contributed by atoms with van der Waals surface area (Å²) < 4.78 is 5.49. The molecule has 0 N–H and O–H groups in total. The SMILES string of the molecule is Cc1ccc(C(=O)N(CC(=O)N(CCc2ccccc2)Cc2ccco2)CC(C)C)cc1. The van der Waals surface area contributed by atoms with Crippen molar-refractivity contribution in [3.63, 3.8) is 0 Å². The molecule has 0 saturated heterocycles. The van der Waals surface area contributed by atoms with Crippen LogP contribution in [0.1, 0.15) is 41.1 Å². The van der Waals surface area contributed by atoms with Crippen LogP contribution < -0.4 is 0 Å². The minimum Gasteiger partial charge on any atom is -0.467 e. The van der Waals surface area contributed by atoms with E-state index in [4.69, 9.17) is 4.42 Å². The number of carbonyl (C=O) groups is 2. The number of hydrogen-bond donors (Lipinski definition) is 0. The second-order valence-electron chi connectivity index (χ2n) is 8.58. The first-order valence-electron chi connectivity index (χ1n) is 11.1. The molecule has 0 unspecified atom stereocenters. The van der Waals surface area contributed by atoms with Gasteiger partial charge in [-0.25, -0.2) is 0 Å². The maximum atomic E-state index is 13.4. The molecule has 1 aromatic heterocycles. The Hall–Kier alpha value is -3.34. The van der Waals surface area contributed by atoms with Crippen molar-refractivity contribution in [1.29, 1.82) is 0 Å². The van der Waals surface area contributed by atoms with Crippen LogP contribution in [0, 0.1) is 12.8 Å². The van der Waals surface area contributed by atoms with Crippen molar-refractivity contribution in [1.82, 2.24) is 9.80 Å². The molecular formula is C27H32N2O3. The summed E-state index contributed by atoms with van der Waals surface area (Å²) in [5, 5.41) is 0. The first-order chi connectivity index (χ1) is 15.4. The monoisotopic (exact) mass is 432 g/mol. The van der Waals surface area contributed by atoms with Gasteiger partial charge in [-0.3, -0.25) is 9.59 Å². The molecule has 0 fully saturated rings. The van der Waals surface area contributed by atoms with Crippen LogP contribution in [0.5, 0.6) is 0 Å². The van der Waals surface area contributed by atoms with Crippen LogP contribution in [0.2, 0.25) is 0 Å². The van der Waals surface area contributed by atoms with Crippen molar-refractivity contribution in [3.8, 4) is 0 Å². The van der Waals surface area contributed by atoms with Crippen molar-refractivity contribution >= 4 is 11.8 Å². The Bertz CT molecular complexity index is 980. The lowest BCUT2D eigenvalue weighted by molar-refractivity contribution is -0.132. The van der Waals surface area contributed by atoms with Crippen molar-refractivity contribution < 1.29 is 14.0 Å². The summed E-state index contributed by atoms with van der Waals surface area (Å²) in [4.78, 5) is 30.0. The zero-order valence-corrected chi connectivity index (χ0v) is 19.2. The van der Waals surface area contributed by atoms with Gasteiger partial charge in [-0.05, 0) is 49.1 Å². The van der Waals surface area contributed by atoms with Gasteiger partial charge in [0, 0.05) is 18.7 Å². The maximum Gasteiger partial charge on any atom is 0.254 e. The number of aryl methyl sites for hydroxylation is 1. The predicted molar refractivity (Wildman–Crippen MR) is 126 cm³/mol. The zero-order valence-electron chi connectivity index (χ0n) is 19.2.